The molecule has 0 aliphatic carbocycles. The van der Waals surface area contributed by atoms with E-state index in [0.29, 0.717) is 17.3 Å². The topological polar surface area (TPSA) is 111 Å². The monoisotopic (exact) mass is 296 g/mol. The highest BCUT2D eigenvalue weighted by atomic mass is 32.2. The van der Waals surface area contributed by atoms with Crippen molar-refractivity contribution in [3.05, 3.63) is 5.82 Å². The molecule has 4 N–H and O–H groups in total. The van der Waals surface area contributed by atoms with Crippen molar-refractivity contribution in [2.45, 2.75) is 25.5 Å². The number of thioether (sulfide) groups is 1. The number of rotatable bonds is 4. The number of carbonyl (C=O) groups is 1. The molecule has 0 radical (unpaired) electrons. The quantitative estimate of drug-likeness (QED) is 0.833. The van der Waals surface area contributed by atoms with Gasteiger partial charge in [0.2, 0.25) is 17.8 Å². The number of likely N-dealkylation sites (tertiary alicyclic amines) is 1. The Morgan fingerprint density at radius 3 is 2.45 bits per heavy atom. The fourth-order valence-corrected chi connectivity index (χ4v) is 2.87. The molecule has 2 rings (SSSR count). The Bertz CT molecular complexity index is 455. The van der Waals surface area contributed by atoms with Crippen LogP contribution in [0.15, 0.2) is 0 Å². The van der Waals surface area contributed by atoms with Crippen LogP contribution in [0.5, 0.6) is 0 Å². The van der Waals surface area contributed by atoms with Gasteiger partial charge in [-0.1, -0.05) is 6.92 Å². The van der Waals surface area contributed by atoms with Gasteiger partial charge in [0.15, 0.2) is 0 Å². The minimum absolute atomic E-state index is 0.115. The molecule has 110 valence electrons. The van der Waals surface area contributed by atoms with E-state index in [9.17, 15) is 4.79 Å². The molecule has 0 unspecified atom stereocenters. The molecule has 1 aromatic heterocycles. The summed E-state index contributed by atoms with van der Waals surface area (Å²) >= 11 is 1.47. The molecule has 1 aliphatic heterocycles. The van der Waals surface area contributed by atoms with E-state index in [-0.39, 0.29) is 17.8 Å². The zero-order chi connectivity index (χ0) is 14.5. The molecule has 7 nitrogen and oxygen atoms in total. The van der Waals surface area contributed by atoms with E-state index in [4.69, 9.17) is 11.5 Å². The molecule has 1 fully saturated rings. The summed E-state index contributed by atoms with van der Waals surface area (Å²) in [7, 11) is 0. The number of nitrogens with zero attached hydrogens (tertiary/aromatic N) is 4. The predicted molar refractivity (Wildman–Crippen MR) is 79.8 cm³/mol. The molecular formula is C12H20N6OS. The summed E-state index contributed by atoms with van der Waals surface area (Å²) in [5, 5.41) is 0. The van der Waals surface area contributed by atoms with Crippen molar-refractivity contribution in [2.24, 2.45) is 5.92 Å². The van der Waals surface area contributed by atoms with Crippen LogP contribution < -0.4 is 11.5 Å². The van der Waals surface area contributed by atoms with Gasteiger partial charge in [0, 0.05) is 13.1 Å². The largest absolute Gasteiger partial charge is 0.368 e. The van der Waals surface area contributed by atoms with Gasteiger partial charge in [0.05, 0.1) is 11.5 Å². The maximum absolute atomic E-state index is 12.0. The van der Waals surface area contributed by atoms with E-state index >= 15 is 0 Å². The third-order valence-corrected chi connectivity index (χ3v) is 4.22. The predicted octanol–water partition coefficient (Wildman–Crippen LogP) is 0.528. The maximum atomic E-state index is 12.0. The molecule has 0 spiro atoms. The number of nitrogens with two attached hydrogens (primary N) is 2. The lowest BCUT2D eigenvalue weighted by atomic mass is 9.99. The van der Waals surface area contributed by atoms with E-state index in [0.717, 1.165) is 31.8 Å². The van der Waals surface area contributed by atoms with E-state index in [1.807, 2.05) is 4.90 Å². The average Bonchev–Trinajstić information content (AvgIpc) is 2.38. The van der Waals surface area contributed by atoms with Gasteiger partial charge < -0.3 is 16.4 Å². The van der Waals surface area contributed by atoms with Crippen LogP contribution in [-0.2, 0) is 10.5 Å². The molecule has 0 bridgehead atoms. The molecule has 0 saturated carbocycles. The van der Waals surface area contributed by atoms with Crippen LogP contribution in [0.25, 0.3) is 0 Å². The Balaban J connectivity index is 1.76. The molecule has 20 heavy (non-hydrogen) atoms. The fraction of sp³-hybridized carbons (Fsp3) is 0.667. The highest BCUT2D eigenvalue weighted by Gasteiger charge is 2.20. The third-order valence-electron chi connectivity index (χ3n) is 3.31. The number of anilines is 2. The van der Waals surface area contributed by atoms with Gasteiger partial charge in [0.25, 0.3) is 0 Å². The van der Waals surface area contributed by atoms with Crippen LogP contribution in [0.2, 0.25) is 0 Å². The summed E-state index contributed by atoms with van der Waals surface area (Å²) < 4.78 is 0. The first kappa shape index (κ1) is 14.8. The Labute approximate surface area is 122 Å². The van der Waals surface area contributed by atoms with Crippen molar-refractivity contribution >= 4 is 29.6 Å². The van der Waals surface area contributed by atoms with Gasteiger partial charge in [-0.25, -0.2) is 0 Å². The smallest absolute Gasteiger partial charge is 0.232 e. The highest BCUT2D eigenvalue weighted by molar-refractivity contribution is 7.99. The molecular weight excluding hydrogens is 276 g/mol. The second-order valence-corrected chi connectivity index (χ2v) is 6.01. The molecule has 1 aliphatic rings. The molecule has 0 aromatic carbocycles. The molecule has 8 heteroatoms. The lowest BCUT2D eigenvalue weighted by Gasteiger charge is -2.30. The van der Waals surface area contributed by atoms with Crippen molar-refractivity contribution in [2.75, 3.05) is 30.3 Å². The summed E-state index contributed by atoms with van der Waals surface area (Å²) in [5.41, 5.74) is 11.0. The Morgan fingerprint density at radius 2 is 1.85 bits per heavy atom. The van der Waals surface area contributed by atoms with Gasteiger partial charge in [-0.05, 0) is 18.8 Å². The van der Waals surface area contributed by atoms with Gasteiger partial charge in [0.1, 0.15) is 5.82 Å². The minimum Gasteiger partial charge on any atom is -0.368 e. The fourth-order valence-electron chi connectivity index (χ4n) is 2.10. The van der Waals surface area contributed by atoms with E-state index in [1.54, 1.807) is 0 Å². The summed E-state index contributed by atoms with van der Waals surface area (Å²) in [6, 6.07) is 0. The lowest BCUT2D eigenvalue weighted by Crippen LogP contribution is -2.38. The molecule has 1 amide bonds. The van der Waals surface area contributed by atoms with Crippen molar-refractivity contribution < 1.29 is 4.79 Å². The number of aromatic nitrogens is 3. The first-order valence-electron chi connectivity index (χ1n) is 6.66. The second-order valence-electron chi connectivity index (χ2n) is 5.02. The number of amides is 1. The number of hydrogen-bond donors (Lipinski definition) is 2. The summed E-state index contributed by atoms with van der Waals surface area (Å²) in [4.78, 5) is 25.6. The Hall–Kier alpha value is -1.57. The third kappa shape index (κ3) is 4.22. The zero-order valence-electron chi connectivity index (χ0n) is 11.6. The SMILES string of the molecule is CC1CCN(C(=O)CSCc2nc(N)nc(N)n2)CC1. The van der Waals surface area contributed by atoms with Gasteiger partial charge in [-0.15, -0.1) is 11.8 Å². The standard InChI is InChI=1S/C12H20N6OS/c1-8-2-4-18(5-3-8)10(19)7-20-6-9-15-11(13)17-12(14)16-9/h8H,2-7H2,1H3,(H4,13,14,15,16,17). The summed E-state index contributed by atoms with van der Waals surface area (Å²) in [6.07, 6.45) is 2.19. The van der Waals surface area contributed by atoms with Crippen LogP contribution in [-0.4, -0.2) is 44.6 Å². The normalized spacial score (nSPS) is 16.4. The number of nitrogen functional groups attached to an aromatic ring is 2. The van der Waals surface area contributed by atoms with E-state index < -0.39 is 0 Å². The van der Waals surface area contributed by atoms with Gasteiger partial charge in [-0.3, -0.25) is 4.79 Å². The zero-order valence-corrected chi connectivity index (χ0v) is 12.4. The van der Waals surface area contributed by atoms with Gasteiger partial charge in [-0.2, -0.15) is 15.0 Å². The first-order valence-corrected chi connectivity index (χ1v) is 7.81. The average molecular weight is 296 g/mol. The number of carbonyl (C=O) groups excluding carboxylic acids is 1. The number of hydrogen-bond acceptors (Lipinski definition) is 7. The summed E-state index contributed by atoms with van der Waals surface area (Å²) in [5.74, 6) is 2.58. The van der Waals surface area contributed by atoms with Crippen molar-refractivity contribution in [1.82, 2.24) is 19.9 Å². The molecule has 1 aromatic rings. The lowest BCUT2D eigenvalue weighted by molar-refractivity contribution is -0.129. The molecule has 1 saturated heterocycles. The van der Waals surface area contributed by atoms with Crippen molar-refractivity contribution in [3.63, 3.8) is 0 Å². The van der Waals surface area contributed by atoms with Crippen LogP contribution >= 0.6 is 11.8 Å². The molecule has 0 atom stereocenters. The van der Waals surface area contributed by atoms with Crippen LogP contribution in [0.3, 0.4) is 0 Å². The highest BCUT2D eigenvalue weighted by Crippen LogP contribution is 2.18. The van der Waals surface area contributed by atoms with Gasteiger partial charge >= 0.3 is 0 Å². The second kappa shape index (κ2) is 6.74. The maximum Gasteiger partial charge on any atom is 0.232 e. The first-order chi connectivity index (χ1) is 9.54. The molecule has 2 heterocycles. The van der Waals surface area contributed by atoms with E-state index in [2.05, 4.69) is 21.9 Å². The van der Waals surface area contributed by atoms with Crippen molar-refractivity contribution in [3.8, 4) is 0 Å². The number of piperidine rings is 1. The Kier molecular flexibility index (Phi) is 4.99. The Morgan fingerprint density at radius 1 is 1.25 bits per heavy atom. The van der Waals surface area contributed by atoms with Crippen LogP contribution in [0, 0.1) is 5.92 Å². The minimum atomic E-state index is 0.115. The summed E-state index contributed by atoms with van der Waals surface area (Å²) in [6.45, 7) is 3.96. The van der Waals surface area contributed by atoms with Crippen LogP contribution in [0.4, 0.5) is 11.9 Å². The van der Waals surface area contributed by atoms with E-state index in [1.165, 1.54) is 11.8 Å². The van der Waals surface area contributed by atoms with Crippen molar-refractivity contribution in [1.29, 1.82) is 0 Å². The van der Waals surface area contributed by atoms with Crippen LogP contribution in [0.1, 0.15) is 25.6 Å².